The molecule has 33 heavy (non-hydrogen) atoms. The van der Waals surface area contributed by atoms with Crippen molar-refractivity contribution in [3.8, 4) is 0 Å². The molecule has 0 saturated heterocycles. The number of nitrogens with one attached hydrogen (secondary N) is 2. The smallest absolute Gasteiger partial charge is 0.326 e. The van der Waals surface area contributed by atoms with Gasteiger partial charge in [-0.2, -0.15) is 13.2 Å². The highest BCUT2D eigenvalue weighted by Gasteiger charge is 2.31. The van der Waals surface area contributed by atoms with Gasteiger partial charge in [0.2, 0.25) is 11.8 Å². The number of hydrogen-bond donors (Lipinski definition) is 2. The lowest BCUT2D eigenvalue weighted by Gasteiger charge is -2.18. The molecule has 1 fully saturated rings. The number of anilines is 2. The molecule has 8 heteroatoms. The van der Waals surface area contributed by atoms with Crippen LogP contribution in [0.5, 0.6) is 0 Å². The van der Waals surface area contributed by atoms with Crippen molar-refractivity contribution in [1.29, 1.82) is 0 Å². The minimum Gasteiger partial charge on any atom is -0.326 e. The van der Waals surface area contributed by atoms with Gasteiger partial charge in [0.05, 0.1) is 5.56 Å². The van der Waals surface area contributed by atoms with Crippen molar-refractivity contribution in [2.45, 2.75) is 29.2 Å². The normalized spacial score (nSPS) is 14.4. The third-order valence-electron chi connectivity index (χ3n) is 5.10. The van der Waals surface area contributed by atoms with Crippen molar-refractivity contribution in [2.75, 3.05) is 10.6 Å². The molecule has 0 heterocycles. The number of carbonyl (C=O) groups excluding carboxylic acids is 2. The Labute approximate surface area is 193 Å². The fourth-order valence-corrected chi connectivity index (χ4v) is 4.34. The van der Waals surface area contributed by atoms with Crippen LogP contribution in [0.1, 0.15) is 29.2 Å². The second-order valence-corrected chi connectivity index (χ2v) is 8.95. The van der Waals surface area contributed by atoms with Gasteiger partial charge in [0, 0.05) is 22.2 Å². The molecule has 4 rings (SSSR count). The maximum Gasteiger partial charge on any atom is 0.416 e. The van der Waals surface area contributed by atoms with Crippen molar-refractivity contribution >= 4 is 35.0 Å². The summed E-state index contributed by atoms with van der Waals surface area (Å²) in [6, 6.07) is 20.8. The van der Waals surface area contributed by atoms with Gasteiger partial charge in [-0.15, -0.1) is 11.8 Å². The molecule has 1 unspecified atom stereocenters. The topological polar surface area (TPSA) is 58.2 Å². The molecule has 3 aromatic carbocycles. The largest absolute Gasteiger partial charge is 0.416 e. The fraction of sp³-hybridized carbons (Fsp3) is 0.200. The van der Waals surface area contributed by atoms with Crippen LogP contribution in [0.3, 0.4) is 0 Å². The first-order valence-electron chi connectivity index (χ1n) is 10.4. The van der Waals surface area contributed by atoms with Crippen LogP contribution >= 0.6 is 11.8 Å². The highest BCUT2D eigenvalue weighted by Crippen LogP contribution is 2.38. The van der Waals surface area contributed by atoms with Crippen molar-refractivity contribution in [2.24, 2.45) is 5.92 Å². The molecule has 1 saturated carbocycles. The first-order valence-corrected chi connectivity index (χ1v) is 11.3. The number of benzene rings is 3. The van der Waals surface area contributed by atoms with Crippen LogP contribution in [-0.2, 0) is 15.8 Å². The van der Waals surface area contributed by atoms with Crippen LogP contribution < -0.4 is 10.6 Å². The summed E-state index contributed by atoms with van der Waals surface area (Å²) in [6.45, 7) is 0. The van der Waals surface area contributed by atoms with Gasteiger partial charge < -0.3 is 10.6 Å². The molecule has 3 aromatic rings. The second kappa shape index (κ2) is 9.70. The molecule has 170 valence electrons. The van der Waals surface area contributed by atoms with Gasteiger partial charge in [-0.3, -0.25) is 9.59 Å². The van der Waals surface area contributed by atoms with Gasteiger partial charge in [0.25, 0.3) is 0 Å². The van der Waals surface area contributed by atoms with Crippen LogP contribution in [0.25, 0.3) is 0 Å². The summed E-state index contributed by atoms with van der Waals surface area (Å²) < 4.78 is 39.2. The molecule has 0 radical (unpaired) electrons. The molecule has 1 aliphatic carbocycles. The monoisotopic (exact) mass is 470 g/mol. The summed E-state index contributed by atoms with van der Waals surface area (Å²) in [7, 11) is 0. The number of amides is 2. The molecule has 0 bridgehead atoms. The molecule has 1 aliphatic rings. The van der Waals surface area contributed by atoms with Crippen molar-refractivity contribution < 1.29 is 22.8 Å². The third-order valence-corrected chi connectivity index (χ3v) is 6.35. The Hall–Kier alpha value is -3.26. The highest BCUT2D eigenvalue weighted by atomic mass is 32.2. The summed E-state index contributed by atoms with van der Waals surface area (Å²) in [6.07, 6.45) is -2.71. The van der Waals surface area contributed by atoms with Crippen LogP contribution in [0.4, 0.5) is 24.5 Å². The van der Waals surface area contributed by atoms with E-state index in [0.29, 0.717) is 11.3 Å². The average molecular weight is 471 g/mol. The van der Waals surface area contributed by atoms with E-state index in [2.05, 4.69) is 10.6 Å². The van der Waals surface area contributed by atoms with Gasteiger partial charge >= 0.3 is 6.18 Å². The number of rotatable bonds is 7. The lowest BCUT2D eigenvalue weighted by atomic mass is 10.1. The van der Waals surface area contributed by atoms with E-state index in [1.165, 1.54) is 23.9 Å². The number of carbonyl (C=O) groups is 2. The molecule has 0 spiro atoms. The lowest BCUT2D eigenvalue weighted by molar-refractivity contribution is -0.137. The lowest BCUT2D eigenvalue weighted by Crippen LogP contribution is -2.19. The molecular formula is C25H21F3N2O2S. The first kappa shape index (κ1) is 22.9. The predicted octanol–water partition coefficient (Wildman–Crippen LogP) is 6.53. The van der Waals surface area contributed by atoms with Gasteiger partial charge in [-0.1, -0.05) is 42.5 Å². The van der Waals surface area contributed by atoms with E-state index in [9.17, 15) is 22.8 Å². The van der Waals surface area contributed by atoms with E-state index in [0.717, 1.165) is 29.9 Å². The standard InChI is InChI=1S/C25H21F3N2O2S/c26-25(27,28)18-8-4-9-19(14-18)30-24(32)22(16-6-2-1-3-7-16)33-21-11-5-10-20(15-21)29-23(31)17-12-13-17/h1-11,14-15,17,22H,12-13H2,(H,29,31)(H,30,32). The quantitative estimate of drug-likeness (QED) is 0.386. The van der Waals surface area contributed by atoms with E-state index in [1.807, 2.05) is 12.1 Å². The summed E-state index contributed by atoms with van der Waals surface area (Å²) in [5.74, 6) is -0.395. The summed E-state index contributed by atoms with van der Waals surface area (Å²) >= 11 is 1.26. The molecule has 4 nitrogen and oxygen atoms in total. The van der Waals surface area contributed by atoms with Gasteiger partial charge in [-0.05, 0) is 54.8 Å². The molecule has 1 atom stereocenters. The zero-order valence-electron chi connectivity index (χ0n) is 17.4. The predicted molar refractivity (Wildman–Crippen MR) is 123 cm³/mol. The SMILES string of the molecule is O=C(Nc1cccc(SC(C(=O)Nc2cccc(C(F)(F)F)c2)c2ccccc2)c1)C1CC1. The zero-order chi connectivity index (χ0) is 23.4. The minimum atomic E-state index is -4.50. The highest BCUT2D eigenvalue weighted by molar-refractivity contribution is 8.00. The van der Waals surface area contributed by atoms with E-state index in [4.69, 9.17) is 0 Å². The van der Waals surface area contributed by atoms with Gasteiger partial charge in [0.1, 0.15) is 5.25 Å². The van der Waals surface area contributed by atoms with Gasteiger partial charge in [-0.25, -0.2) is 0 Å². The summed E-state index contributed by atoms with van der Waals surface area (Å²) in [5, 5.41) is 4.79. The first-order chi connectivity index (χ1) is 15.8. The average Bonchev–Trinajstić information content (AvgIpc) is 3.64. The van der Waals surface area contributed by atoms with Crippen LogP contribution in [0.2, 0.25) is 0 Å². The Balaban J connectivity index is 1.55. The van der Waals surface area contributed by atoms with Crippen LogP contribution in [-0.4, -0.2) is 11.8 Å². The molecule has 0 aliphatic heterocycles. The van der Waals surface area contributed by atoms with Crippen LogP contribution in [0.15, 0.2) is 83.8 Å². The zero-order valence-corrected chi connectivity index (χ0v) is 18.2. The number of hydrogen-bond acceptors (Lipinski definition) is 3. The molecular weight excluding hydrogens is 449 g/mol. The van der Waals surface area contributed by atoms with Crippen molar-refractivity contribution in [3.05, 3.63) is 90.0 Å². The number of halogens is 3. The number of thioether (sulfide) groups is 1. The maximum absolute atomic E-state index is 13.2. The Bertz CT molecular complexity index is 1150. The molecule has 2 amide bonds. The second-order valence-electron chi connectivity index (χ2n) is 7.77. The van der Waals surface area contributed by atoms with Crippen molar-refractivity contribution in [3.63, 3.8) is 0 Å². The Morgan fingerprint density at radius 3 is 2.18 bits per heavy atom. The van der Waals surface area contributed by atoms with E-state index >= 15 is 0 Å². The van der Waals surface area contributed by atoms with Crippen molar-refractivity contribution in [1.82, 2.24) is 0 Å². The van der Waals surface area contributed by atoms with Crippen LogP contribution in [0, 0.1) is 5.92 Å². The third kappa shape index (κ3) is 6.16. The van der Waals surface area contributed by atoms with E-state index in [-0.39, 0.29) is 17.5 Å². The Morgan fingerprint density at radius 2 is 1.52 bits per heavy atom. The van der Waals surface area contributed by atoms with E-state index < -0.39 is 22.9 Å². The minimum absolute atomic E-state index is 0.0148. The molecule has 0 aromatic heterocycles. The number of alkyl halides is 3. The Kier molecular flexibility index (Phi) is 6.74. The Morgan fingerprint density at radius 1 is 0.848 bits per heavy atom. The van der Waals surface area contributed by atoms with E-state index in [1.54, 1.807) is 42.5 Å². The maximum atomic E-state index is 13.2. The molecule has 2 N–H and O–H groups in total. The van der Waals surface area contributed by atoms with Gasteiger partial charge in [0.15, 0.2) is 0 Å². The fourth-order valence-electron chi connectivity index (χ4n) is 3.25. The summed E-state index contributed by atoms with van der Waals surface area (Å²) in [4.78, 5) is 26.0. The summed E-state index contributed by atoms with van der Waals surface area (Å²) in [5.41, 5.74) is 0.589.